The summed E-state index contributed by atoms with van der Waals surface area (Å²) in [5.74, 6) is 1.71. The van der Waals surface area contributed by atoms with Crippen LogP contribution in [0.3, 0.4) is 0 Å². The topological polar surface area (TPSA) is 129 Å². The maximum atomic E-state index is 4.80. The van der Waals surface area contributed by atoms with Crippen molar-refractivity contribution in [3.05, 3.63) is 213 Å². The molecule has 0 bridgehead atoms. The second-order valence-electron chi connectivity index (χ2n) is 28.7. The molecular formula is C88H114N10. The monoisotopic (exact) mass is 1310 g/mol. The van der Waals surface area contributed by atoms with Gasteiger partial charge in [-0.2, -0.15) is 10.2 Å². The Morgan fingerprint density at radius 2 is 0.316 bits per heavy atom. The zero-order valence-electron chi connectivity index (χ0n) is 67.5. The van der Waals surface area contributed by atoms with Crippen LogP contribution in [0.5, 0.6) is 0 Å². The molecule has 12 rings (SSSR count). The molecule has 516 valence electrons. The van der Waals surface area contributed by atoms with Crippen molar-refractivity contribution in [1.29, 1.82) is 0 Å². The van der Waals surface area contributed by atoms with Gasteiger partial charge in [0.05, 0.1) is 33.5 Å². The first-order valence-electron chi connectivity index (χ1n) is 35.0. The minimum absolute atomic E-state index is 0.857. The summed E-state index contributed by atoms with van der Waals surface area (Å²) in [6.07, 6.45) is 0. The molecule has 0 saturated carbocycles. The van der Waals surface area contributed by atoms with Gasteiger partial charge in [-0.05, 0) is 413 Å². The lowest BCUT2D eigenvalue weighted by atomic mass is 9.89. The molecule has 98 heavy (non-hydrogen) atoms. The summed E-state index contributed by atoms with van der Waals surface area (Å²) in [7, 11) is 0. The van der Waals surface area contributed by atoms with Crippen molar-refractivity contribution in [2.24, 2.45) is 0 Å². The lowest BCUT2D eigenvalue weighted by Crippen LogP contribution is -2.01. The molecule has 0 aliphatic carbocycles. The molecule has 0 aliphatic rings. The Morgan fingerprint density at radius 3 is 0.653 bits per heavy atom. The number of benzene rings is 5. The molecule has 0 fully saturated rings. The molecule has 10 nitrogen and oxygen atoms in total. The summed E-state index contributed by atoms with van der Waals surface area (Å²) >= 11 is 0. The van der Waals surface area contributed by atoms with E-state index in [4.69, 9.17) is 9.97 Å². The van der Waals surface area contributed by atoms with Crippen molar-refractivity contribution in [3.63, 3.8) is 0 Å². The molecule has 0 saturated heterocycles. The summed E-state index contributed by atoms with van der Waals surface area (Å²) in [6.45, 7) is 81.4. The fourth-order valence-corrected chi connectivity index (χ4v) is 14.8. The van der Waals surface area contributed by atoms with Crippen LogP contribution in [-0.4, -0.2) is 50.1 Å². The first-order valence-corrected chi connectivity index (χ1v) is 35.0. The van der Waals surface area contributed by atoms with E-state index in [2.05, 4.69) is 269 Å². The molecule has 0 radical (unpaired) electrons. The maximum Gasteiger partial charge on any atom is 0.126 e. The fourth-order valence-electron chi connectivity index (χ4n) is 14.8. The lowest BCUT2D eigenvalue weighted by molar-refractivity contribution is 0.959. The molecule has 0 N–H and O–H groups in total. The van der Waals surface area contributed by atoms with Crippen LogP contribution in [0.25, 0.3) is 65.2 Å². The molecule has 7 heterocycles. The average molecular weight is 1310 g/mol. The second kappa shape index (κ2) is 29.5. The number of rotatable bonds is 0. The molecule has 0 aliphatic heterocycles. The highest BCUT2D eigenvalue weighted by Crippen LogP contribution is 2.37. The Bertz CT molecular complexity index is 5060. The predicted molar refractivity (Wildman–Crippen MR) is 422 cm³/mol. The van der Waals surface area contributed by atoms with E-state index in [0.29, 0.717) is 0 Å². The van der Waals surface area contributed by atoms with Gasteiger partial charge in [0.15, 0.2) is 0 Å². The Balaban J connectivity index is 0.000000166. The average Bonchev–Trinajstić information content (AvgIpc) is 0.815. The first-order chi connectivity index (χ1) is 45.5. The van der Waals surface area contributed by atoms with Gasteiger partial charge in [-0.1, -0.05) is 0 Å². The number of aryl methyl sites for hydroxylation is 26. The Morgan fingerprint density at radius 1 is 0.112 bits per heavy atom. The van der Waals surface area contributed by atoms with Gasteiger partial charge in [0.25, 0.3) is 0 Å². The highest BCUT2D eigenvalue weighted by molar-refractivity contribution is 5.97. The zero-order chi connectivity index (χ0) is 73.9. The fraction of sp³-hybridized carbons (Fsp3) is 0.432. The smallest absolute Gasteiger partial charge is 0.126 e. The van der Waals surface area contributed by atoms with Crippen molar-refractivity contribution in [2.45, 2.75) is 263 Å². The quantitative estimate of drug-likeness (QED) is 0.145. The van der Waals surface area contributed by atoms with Crippen LogP contribution < -0.4 is 0 Å². The third-order valence-corrected chi connectivity index (χ3v) is 23.3. The van der Waals surface area contributed by atoms with Gasteiger partial charge in [0.1, 0.15) is 11.6 Å². The predicted octanol–water partition coefficient (Wildman–Crippen LogP) is 22.7. The van der Waals surface area contributed by atoms with E-state index in [-0.39, 0.29) is 0 Å². The van der Waals surface area contributed by atoms with E-state index in [1.165, 1.54) is 193 Å². The van der Waals surface area contributed by atoms with Crippen molar-refractivity contribution in [1.82, 2.24) is 50.1 Å². The van der Waals surface area contributed by atoms with E-state index in [0.717, 1.165) is 85.1 Å². The van der Waals surface area contributed by atoms with Crippen molar-refractivity contribution in [3.8, 4) is 0 Å². The van der Waals surface area contributed by atoms with Crippen molar-refractivity contribution in [2.75, 3.05) is 0 Å². The molecule has 0 atom stereocenters. The number of fused-ring (bicyclic) bond motifs is 6. The minimum Gasteiger partial charge on any atom is -0.258 e. The lowest BCUT2D eigenvalue weighted by Gasteiger charge is -2.18. The SMILES string of the molecule is Cc1c(C)c(C)c2c(C)nnc(C)c2c1C.Cc1nc(C)c2c(C)c(C)c(C)c(C)c2c1C.Cc1nc(C)c2c(C)c(C)c(C)c(C)c2n1.Cc1nc(C)c2c(C)c(C)c(C)c(C)c2n1.Cc1nc2c(C)c(C)c(C)c(C)c2c(C)c1C.Cc1nc2c(C)c(C)nc(C)c2c(C)c1C. The number of aromatic nitrogens is 10. The Kier molecular flexibility index (Phi) is 23.2. The van der Waals surface area contributed by atoms with Crippen LogP contribution in [0.15, 0.2) is 0 Å². The number of pyridine rings is 4. The molecule has 0 amide bonds. The standard InChI is InChI=1S/2C16H21N.4C14H18N2/c1-8-9(2)13(6)16-15(11(8)4)12(5)10(3)14(7)17-16;1-8-9(2)11(4)16-14(7)17-13(6)12(5)15(16)10(8)3;1-7-8(2)13-12(6)15-11(5)9(3)14(13)16-10(7)4;2*1-7-8(2)10(4)14-13(9(7)3)11(5)15-12(6)16-14;1-7-8(2)10(4)14-12(6)16-15-11(5)13(14)9(7)3/h2*1-7H3;4*1-6H3. The van der Waals surface area contributed by atoms with Gasteiger partial charge < -0.3 is 0 Å². The van der Waals surface area contributed by atoms with E-state index < -0.39 is 0 Å². The highest BCUT2D eigenvalue weighted by Gasteiger charge is 2.20. The summed E-state index contributed by atoms with van der Waals surface area (Å²) in [5.41, 5.74) is 50.5. The van der Waals surface area contributed by atoms with E-state index in [9.17, 15) is 0 Å². The van der Waals surface area contributed by atoms with E-state index in [1.807, 2.05) is 34.6 Å². The molecule has 12 aromatic rings. The van der Waals surface area contributed by atoms with Gasteiger partial charge in [-0.15, -0.1) is 0 Å². The van der Waals surface area contributed by atoms with Gasteiger partial charge in [0.2, 0.25) is 0 Å². The van der Waals surface area contributed by atoms with E-state index in [1.54, 1.807) is 0 Å². The van der Waals surface area contributed by atoms with Gasteiger partial charge >= 0.3 is 0 Å². The molecule has 5 aromatic carbocycles. The molecular weight excluding hydrogens is 1200 g/mol. The van der Waals surface area contributed by atoms with Crippen LogP contribution in [0.2, 0.25) is 0 Å². The zero-order valence-corrected chi connectivity index (χ0v) is 67.5. The molecule has 0 unspecified atom stereocenters. The Labute approximate surface area is 588 Å². The molecule has 0 spiro atoms. The van der Waals surface area contributed by atoms with Gasteiger partial charge in [0, 0.05) is 83.3 Å². The van der Waals surface area contributed by atoms with Gasteiger partial charge in [-0.25, -0.2) is 19.9 Å². The number of hydrogen-bond donors (Lipinski definition) is 0. The third kappa shape index (κ3) is 14.0. The van der Waals surface area contributed by atoms with Crippen molar-refractivity contribution < 1.29 is 0 Å². The third-order valence-electron chi connectivity index (χ3n) is 23.3. The Hall–Kier alpha value is -8.50. The van der Waals surface area contributed by atoms with Crippen LogP contribution in [0.4, 0.5) is 0 Å². The van der Waals surface area contributed by atoms with Crippen LogP contribution in [0, 0.1) is 263 Å². The van der Waals surface area contributed by atoms with Gasteiger partial charge in [-0.3, -0.25) is 19.9 Å². The summed E-state index contributed by atoms with van der Waals surface area (Å²) in [4.78, 5) is 36.9. The maximum absolute atomic E-state index is 4.80. The summed E-state index contributed by atoms with van der Waals surface area (Å²) in [6, 6.07) is 0. The normalized spacial score (nSPS) is 11.2. The number of nitrogens with zero attached hydrogens (tertiary/aromatic N) is 10. The highest BCUT2D eigenvalue weighted by atomic mass is 15.1. The first kappa shape index (κ1) is 76.9. The van der Waals surface area contributed by atoms with Crippen molar-refractivity contribution >= 4 is 65.2 Å². The van der Waals surface area contributed by atoms with Crippen LogP contribution in [0.1, 0.15) is 213 Å². The molecule has 10 heteroatoms. The summed E-state index contributed by atoms with van der Waals surface area (Å²) in [5, 5.41) is 18.8. The summed E-state index contributed by atoms with van der Waals surface area (Å²) < 4.78 is 0. The van der Waals surface area contributed by atoms with E-state index >= 15 is 0 Å². The van der Waals surface area contributed by atoms with Crippen LogP contribution >= 0.6 is 0 Å². The number of hydrogen-bond acceptors (Lipinski definition) is 10. The van der Waals surface area contributed by atoms with Crippen LogP contribution in [-0.2, 0) is 0 Å². The minimum atomic E-state index is 0.857. The largest absolute Gasteiger partial charge is 0.258 e. The molecule has 7 aromatic heterocycles. The second-order valence-corrected chi connectivity index (χ2v) is 28.7.